The molecule has 0 bridgehead atoms. The minimum Gasteiger partial charge on any atom is -0.444 e. The lowest BCUT2D eigenvalue weighted by atomic mass is 9.84. The van der Waals surface area contributed by atoms with Crippen LogP contribution >= 0.6 is 0 Å². The number of amides is 1. The average Bonchev–Trinajstić information content (AvgIpc) is 2.68. The summed E-state index contributed by atoms with van der Waals surface area (Å²) in [5, 5.41) is 12.7. The fourth-order valence-corrected chi connectivity index (χ4v) is 10.6. The van der Waals surface area contributed by atoms with E-state index in [1.165, 1.54) is 12.1 Å². The van der Waals surface area contributed by atoms with Crippen LogP contribution in [0.3, 0.4) is 0 Å². The van der Waals surface area contributed by atoms with Gasteiger partial charge >= 0.3 is 6.09 Å². The van der Waals surface area contributed by atoms with E-state index in [2.05, 4.69) is 46.9 Å². The molecule has 1 aromatic carbocycles. The van der Waals surface area contributed by atoms with Gasteiger partial charge in [-0.15, -0.1) is 0 Å². The van der Waals surface area contributed by atoms with Crippen LogP contribution in [0.2, 0.25) is 16.6 Å². The van der Waals surface area contributed by atoms with Crippen LogP contribution in [0.15, 0.2) is 24.3 Å². The van der Waals surface area contributed by atoms with E-state index in [0.29, 0.717) is 36.2 Å². The van der Waals surface area contributed by atoms with Crippen LogP contribution in [0, 0.1) is 11.7 Å². The molecule has 7 heteroatoms. The Kier molecular flexibility index (Phi) is 11.5. The molecule has 1 rings (SSSR count). The molecule has 0 fully saturated rings. The van der Waals surface area contributed by atoms with Gasteiger partial charge in [0.25, 0.3) is 0 Å². The fourth-order valence-electron chi connectivity index (χ4n) is 5.12. The van der Waals surface area contributed by atoms with Crippen molar-refractivity contribution in [3.8, 4) is 0 Å². The highest BCUT2D eigenvalue weighted by Crippen LogP contribution is 2.43. The van der Waals surface area contributed by atoms with Gasteiger partial charge in [0, 0.05) is 25.7 Å². The zero-order valence-corrected chi connectivity index (χ0v) is 23.1. The molecule has 0 heterocycles. The van der Waals surface area contributed by atoms with Crippen molar-refractivity contribution in [2.45, 2.75) is 96.9 Å². The molecule has 0 unspecified atom stereocenters. The highest BCUT2D eigenvalue weighted by atomic mass is 28.4. The Hall–Kier alpha value is -1.44. The molecule has 1 aromatic rings. The molecule has 0 saturated carbocycles. The lowest BCUT2D eigenvalue weighted by Gasteiger charge is -2.43. The molecule has 33 heavy (non-hydrogen) atoms. The van der Waals surface area contributed by atoms with Crippen molar-refractivity contribution in [1.82, 2.24) is 5.32 Å². The normalized spacial score (nSPS) is 14.6. The summed E-state index contributed by atoms with van der Waals surface area (Å²) in [5.74, 6) is -0.492. The first kappa shape index (κ1) is 29.6. The summed E-state index contributed by atoms with van der Waals surface area (Å²) in [4.78, 5) is 12.4. The van der Waals surface area contributed by atoms with E-state index >= 15 is 0 Å². The molecule has 0 radical (unpaired) electrons. The molecular weight excluding hydrogens is 437 g/mol. The maximum Gasteiger partial charge on any atom is 0.407 e. The van der Waals surface area contributed by atoms with Crippen LogP contribution in [0.4, 0.5) is 9.18 Å². The molecule has 2 atom stereocenters. The van der Waals surface area contributed by atoms with Crippen molar-refractivity contribution < 1.29 is 23.5 Å². The third kappa shape index (κ3) is 8.69. The monoisotopic (exact) mass is 483 g/mol. The van der Waals surface area contributed by atoms with Gasteiger partial charge in [-0.3, -0.25) is 0 Å². The molecule has 1 amide bonds. The van der Waals surface area contributed by atoms with Crippen molar-refractivity contribution >= 4 is 14.4 Å². The van der Waals surface area contributed by atoms with E-state index in [0.717, 1.165) is 5.56 Å². The van der Waals surface area contributed by atoms with Crippen LogP contribution in [0.25, 0.3) is 0 Å². The number of hydrogen-bond acceptors (Lipinski definition) is 4. The number of benzene rings is 1. The summed E-state index contributed by atoms with van der Waals surface area (Å²) >= 11 is 0. The van der Waals surface area contributed by atoms with Gasteiger partial charge < -0.3 is 19.6 Å². The minimum atomic E-state index is -2.13. The first-order valence-electron chi connectivity index (χ1n) is 12.2. The number of aliphatic hydroxyl groups excluding tert-OH is 1. The van der Waals surface area contributed by atoms with E-state index < -0.39 is 20.0 Å². The maximum atomic E-state index is 13.6. The van der Waals surface area contributed by atoms with Gasteiger partial charge in [0.05, 0.1) is 0 Å². The lowest BCUT2D eigenvalue weighted by molar-refractivity contribution is 0.0507. The molecule has 190 valence electrons. The van der Waals surface area contributed by atoms with E-state index in [-0.39, 0.29) is 24.3 Å². The first-order valence-corrected chi connectivity index (χ1v) is 14.4. The number of hydrogen-bond donors (Lipinski definition) is 2. The standard InChI is InChI=1S/C26H46FNO4Si/c1-18(2)33(19(3)4,20(5)6)31-17-22(16-28-25(30)32-26(7,8)9)24(14-15-29)21-10-12-23(27)13-11-21/h10-13,18-20,22,24,29H,14-17H2,1-9H3,(H,28,30)/t22-,24-/m0/s1. The molecule has 2 N–H and O–H groups in total. The molecule has 0 aliphatic heterocycles. The van der Waals surface area contributed by atoms with Gasteiger partial charge in [0.15, 0.2) is 8.32 Å². The van der Waals surface area contributed by atoms with Crippen molar-refractivity contribution in [1.29, 1.82) is 0 Å². The number of nitrogens with one attached hydrogen (secondary N) is 1. The lowest BCUT2D eigenvalue weighted by Crippen LogP contribution is -2.49. The highest BCUT2D eigenvalue weighted by molar-refractivity contribution is 6.77. The number of halogens is 1. The second kappa shape index (κ2) is 12.9. The van der Waals surface area contributed by atoms with Crippen LogP contribution in [0.5, 0.6) is 0 Å². The largest absolute Gasteiger partial charge is 0.444 e. The molecule has 0 aliphatic carbocycles. The molecule has 0 spiro atoms. The van der Waals surface area contributed by atoms with E-state index in [9.17, 15) is 14.3 Å². The Morgan fingerprint density at radius 2 is 1.55 bits per heavy atom. The number of rotatable bonds is 12. The zero-order chi connectivity index (χ0) is 25.4. The highest BCUT2D eigenvalue weighted by Gasteiger charge is 2.45. The van der Waals surface area contributed by atoms with Gasteiger partial charge in [-0.1, -0.05) is 53.7 Å². The summed E-state index contributed by atoms with van der Waals surface area (Å²) < 4.78 is 25.9. The number of alkyl carbamates (subject to hydrolysis) is 1. The smallest absolute Gasteiger partial charge is 0.407 e. The number of aliphatic hydroxyl groups is 1. The van der Waals surface area contributed by atoms with Gasteiger partial charge in [-0.05, 0) is 67.4 Å². The maximum absolute atomic E-state index is 13.6. The summed E-state index contributed by atoms with van der Waals surface area (Å²) in [7, 11) is -2.13. The van der Waals surface area contributed by atoms with Crippen LogP contribution in [-0.2, 0) is 9.16 Å². The predicted octanol–water partition coefficient (Wildman–Crippen LogP) is 6.62. The van der Waals surface area contributed by atoms with Crippen LogP contribution in [0.1, 0.15) is 80.2 Å². The number of ether oxygens (including phenoxy) is 1. The van der Waals surface area contributed by atoms with Gasteiger partial charge in [-0.25, -0.2) is 9.18 Å². The Morgan fingerprint density at radius 1 is 1.03 bits per heavy atom. The Bertz CT molecular complexity index is 694. The van der Waals surface area contributed by atoms with Crippen LogP contribution in [-0.4, -0.2) is 44.9 Å². The van der Waals surface area contributed by atoms with E-state index in [1.54, 1.807) is 12.1 Å². The Balaban J connectivity index is 3.23. The number of carbonyl (C=O) groups excluding carboxylic acids is 1. The third-order valence-electron chi connectivity index (χ3n) is 6.47. The summed E-state index contributed by atoms with van der Waals surface area (Å²) in [6, 6.07) is 6.39. The van der Waals surface area contributed by atoms with Crippen molar-refractivity contribution in [2.24, 2.45) is 5.92 Å². The Morgan fingerprint density at radius 3 is 1.97 bits per heavy atom. The Labute approximate surface area is 201 Å². The van der Waals surface area contributed by atoms with Crippen molar-refractivity contribution in [2.75, 3.05) is 19.8 Å². The summed E-state index contributed by atoms with van der Waals surface area (Å²) in [6.07, 6.45) is 0.0179. The van der Waals surface area contributed by atoms with Gasteiger partial charge in [0.2, 0.25) is 0 Å². The van der Waals surface area contributed by atoms with Crippen molar-refractivity contribution in [3.05, 3.63) is 35.6 Å². The average molecular weight is 484 g/mol. The summed E-state index contributed by atoms with van der Waals surface area (Å²) in [5.41, 5.74) is 1.63. The second-order valence-corrected chi connectivity index (χ2v) is 16.4. The second-order valence-electron chi connectivity index (χ2n) is 10.9. The molecule has 0 aromatic heterocycles. The predicted molar refractivity (Wildman–Crippen MR) is 136 cm³/mol. The van der Waals surface area contributed by atoms with Gasteiger partial charge in [0.1, 0.15) is 11.4 Å². The fraction of sp³-hybridized carbons (Fsp3) is 0.731. The number of carbonyl (C=O) groups is 1. The zero-order valence-electron chi connectivity index (χ0n) is 22.1. The molecular formula is C26H46FNO4Si. The third-order valence-corrected chi connectivity index (χ3v) is 12.6. The first-order chi connectivity index (χ1) is 15.2. The van der Waals surface area contributed by atoms with Crippen molar-refractivity contribution in [3.63, 3.8) is 0 Å². The summed E-state index contributed by atoms with van der Waals surface area (Å²) in [6.45, 7) is 19.7. The molecule has 5 nitrogen and oxygen atoms in total. The van der Waals surface area contributed by atoms with E-state index in [1.807, 2.05) is 20.8 Å². The van der Waals surface area contributed by atoms with E-state index in [4.69, 9.17) is 9.16 Å². The topological polar surface area (TPSA) is 67.8 Å². The molecule has 0 saturated heterocycles. The minimum absolute atomic E-state index is 0.00784. The quantitative estimate of drug-likeness (QED) is 0.328. The molecule has 0 aliphatic rings. The SMILES string of the molecule is CC(C)[Si](OC[C@H](CNC(=O)OC(C)(C)C)[C@@H](CCO)c1ccc(F)cc1)(C(C)C)C(C)C. The van der Waals surface area contributed by atoms with Gasteiger partial charge in [-0.2, -0.15) is 0 Å². The van der Waals surface area contributed by atoms with Crippen LogP contribution < -0.4 is 5.32 Å².